The summed E-state index contributed by atoms with van der Waals surface area (Å²) < 4.78 is 1.84. The van der Waals surface area contributed by atoms with Gasteiger partial charge < -0.3 is 10.6 Å². The predicted molar refractivity (Wildman–Crippen MR) is 115 cm³/mol. The van der Waals surface area contributed by atoms with Gasteiger partial charge in [0.15, 0.2) is 5.65 Å². The molecule has 0 unspecified atom stereocenters. The van der Waals surface area contributed by atoms with Crippen molar-refractivity contribution in [1.29, 1.82) is 0 Å². The lowest BCUT2D eigenvalue weighted by molar-refractivity contribution is 0.196. The molecule has 7 nitrogen and oxygen atoms in total. The average molecular weight is 430 g/mol. The Morgan fingerprint density at radius 1 is 1.17 bits per heavy atom. The highest BCUT2D eigenvalue weighted by Gasteiger charge is 2.43. The van der Waals surface area contributed by atoms with E-state index in [1.165, 1.54) is 12.8 Å². The third-order valence-corrected chi connectivity index (χ3v) is 8.18. The molecule has 5 rings (SSSR count). The van der Waals surface area contributed by atoms with Crippen molar-refractivity contribution in [1.82, 2.24) is 24.6 Å². The number of piperidine rings is 1. The highest BCUT2D eigenvalue weighted by Crippen LogP contribution is 2.46. The maximum absolute atomic E-state index is 6.44. The first-order chi connectivity index (χ1) is 14.1. The second-order valence-corrected chi connectivity index (χ2v) is 9.54. The maximum atomic E-state index is 6.44. The molecule has 9 heteroatoms. The lowest BCUT2D eigenvalue weighted by atomic mass is 9.74. The smallest absolute Gasteiger partial charge is 0.228 e. The number of aromatic nitrogens is 5. The van der Waals surface area contributed by atoms with Crippen LogP contribution in [0.2, 0.25) is 5.02 Å². The zero-order valence-electron chi connectivity index (χ0n) is 16.4. The second-order valence-electron chi connectivity index (χ2n) is 8.08. The number of aryl methyl sites for hydroxylation is 1. The molecule has 4 heterocycles. The molecular formula is C20H24ClN7S. The number of nitrogens with zero attached hydrogens (tertiary/aromatic N) is 6. The first kappa shape index (κ1) is 19.1. The molecule has 1 aliphatic heterocycles. The van der Waals surface area contributed by atoms with Crippen LogP contribution in [0.15, 0.2) is 34.6 Å². The molecule has 1 aliphatic carbocycles. The Labute approximate surface area is 179 Å². The fourth-order valence-corrected chi connectivity index (χ4v) is 5.90. The SMILES string of the molecule is Cc1nccc(Sc2cnc(N3CCC4(CCC[C@H]4N)CC3)n3ncnc23)c1Cl. The molecule has 1 saturated carbocycles. The molecule has 2 aliphatic rings. The lowest BCUT2D eigenvalue weighted by Gasteiger charge is -2.42. The van der Waals surface area contributed by atoms with E-state index in [9.17, 15) is 0 Å². The fourth-order valence-electron chi connectivity index (χ4n) is 4.73. The average Bonchev–Trinajstić information content (AvgIpc) is 3.35. The van der Waals surface area contributed by atoms with E-state index in [0.29, 0.717) is 16.5 Å². The van der Waals surface area contributed by atoms with Gasteiger partial charge in [0, 0.05) is 36.4 Å². The van der Waals surface area contributed by atoms with Crippen LogP contribution in [0.25, 0.3) is 5.65 Å². The number of pyridine rings is 1. The first-order valence-electron chi connectivity index (χ1n) is 10.1. The van der Waals surface area contributed by atoms with Crippen molar-refractivity contribution in [2.75, 3.05) is 18.0 Å². The number of halogens is 1. The second kappa shape index (κ2) is 7.41. The minimum atomic E-state index is 0.323. The van der Waals surface area contributed by atoms with E-state index in [0.717, 1.165) is 59.4 Å². The van der Waals surface area contributed by atoms with Crippen molar-refractivity contribution < 1.29 is 0 Å². The number of anilines is 1. The summed E-state index contributed by atoms with van der Waals surface area (Å²) in [6.45, 7) is 3.81. The number of hydrogen-bond acceptors (Lipinski definition) is 7. The van der Waals surface area contributed by atoms with Crippen molar-refractivity contribution in [3.63, 3.8) is 0 Å². The summed E-state index contributed by atoms with van der Waals surface area (Å²) in [5.74, 6) is 0.847. The summed E-state index contributed by atoms with van der Waals surface area (Å²) in [7, 11) is 0. The fraction of sp³-hybridized carbons (Fsp3) is 0.500. The Morgan fingerprint density at radius 2 is 2.00 bits per heavy atom. The summed E-state index contributed by atoms with van der Waals surface area (Å²) in [5, 5.41) is 5.12. The van der Waals surface area contributed by atoms with Crippen LogP contribution in [-0.4, -0.2) is 43.7 Å². The number of rotatable bonds is 3. The van der Waals surface area contributed by atoms with Crippen LogP contribution < -0.4 is 10.6 Å². The normalized spacial score (nSPS) is 21.3. The zero-order chi connectivity index (χ0) is 20.0. The molecule has 0 radical (unpaired) electrons. The van der Waals surface area contributed by atoms with Gasteiger partial charge in [-0.15, -0.1) is 0 Å². The van der Waals surface area contributed by atoms with Crippen molar-refractivity contribution in [3.8, 4) is 0 Å². The minimum Gasteiger partial charge on any atom is -0.341 e. The van der Waals surface area contributed by atoms with Crippen LogP contribution in [0, 0.1) is 12.3 Å². The molecule has 1 atom stereocenters. The Balaban J connectivity index is 1.42. The number of fused-ring (bicyclic) bond motifs is 1. The van der Waals surface area contributed by atoms with Crippen molar-refractivity contribution in [2.45, 2.75) is 54.9 Å². The summed E-state index contributed by atoms with van der Waals surface area (Å²) in [5.41, 5.74) is 8.37. The predicted octanol–water partition coefficient (Wildman–Crippen LogP) is 3.73. The molecular weight excluding hydrogens is 406 g/mol. The molecule has 152 valence electrons. The summed E-state index contributed by atoms with van der Waals surface area (Å²) >= 11 is 7.97. The van der Waals surface area contributed by atoms with Crippen LogP contribution in [0.5, 0.6) is 0 Å². The van der Waals surface area contributed by atoms with Crippen molar-refractivity contribution in [2.24, 2.45) is 11.1 Å². The Bertz CT molecular complexity index is 1040. The van der Waals surface area contributed by atoms with E-state index in [-0.39, 0.29) is 0 Å². The molecule has 2 fully saturated rings. The molecule has 29 heavy (non-hydrogen) atoms. The van der Waals surface area contributed by atoms with Crippen LogP contribution in [0.4, 0.5) is 5.95 Å². The van der Waals surface area contributed by atoms with E-state index >= 15 is 0 Å². The third kappa shape index (κ3) is 3.27. The van der Waals surface area contributed by atoms with Crippen LogP contribution in [0.3, 0.4) is 0 Å². The number of hydrogen-bond donors (Lipinski definition) is 1. The molecule has 3 aromatic heterocycles. The van der Waals surface area contributed by atoms with Crippen LogP contribution in [-0.2, 0) is 0 Å². The summed E-state index contributed by atoms with van der Waals surface area (Å²) in [6, 6.07) is 2.26. The molecule has 3 aromatic rings. The van der Waals surface area contributed by atoms with Gasteiger partial charge in [-0.3, -0.25) is 4.98 Å². The van der Waals surface area contributed by atoms with E-state index in [4.69, 9.17) is 22.3 Å². The standard InChI is InChI=1S/C20H24ClN7S/c1-13-17(21)14(4-8-23-13)29-15-11-24-19(28-18(15)25-12-26-28)27-9-6-20(7-10-27)5-2-3-16(20)22/h4,8,11-12,16H,2-3,5-7,9-10,22H2,1H3/t16-/m1/s1. The molecule has 2 N–H and O–H groups in total. The first-order valence-corrected chi connectivity index (χ1v) is 11.3. The maximum Gasteiger partial charge on any atom is 0.228 e. The van der Waals surface area contributed by atoms with Gasteiger partial charge in [0.25, 0.3) is 0 Å². The highest BCUT2D eigenvalue weighted by atomic mass is 35.5. The van der Waals surface area contributed by atoms with E-state index < -0.39 is 0 Å². The molecule has 0 aromatic carbocycles. The minimum absolute atomic E-state index is 0.323. The third-order valence-electron chi connectivity index (χ3n) is 6.52. The van der Waals surface area contributed by atoms with Gasteiger partial charge >= 0.3 is 0 Å². The van der Waals surface area contributed by atoms with Gasteiger partial charge in [-0.25, -0.2) is 9.97 Å². The van der Waals surface area contributed by atoms with E-state index in [1.807, 2.05) is 23.7 Å². The summed E-state index contributed by atoms with van der Waals surface area (Å²) in [6.07, 6.45) is 11.1. The molecule has 1 spiro atoms. The van der Waals surface area contributed by atoms with Gasteiger partial charge in [0.2, 0.25) is 5.95 Å². The summed E-state index contributed by atoms with van der Waals surface area (Å²) in [4.78, 5) is 17.7. The zero-order valence-corrected chi connectivity index (χ0v) is 18.0. The molecule has 1 saturated heterocycles. The van der Waals surface area contributed by atoms with Crippen molar-refractivity contribution >= 4 is 35.0 Å². The van der Waals surface area contributed by atoms with Gasteiger partial charge in [-0.05, 0) is 44.1 Å². The lowest BCUT2D eigenvalue weighted by Crippen LogP contribution is -2.47. The van der Waals surface area contributed by atoms with Gasteiger partial charge in [0.1, 0.15) is 6.33 Å². The number of nitrogens with two attached hydrogens (primary N) is 1. The monoisotopic (exact) mass is 429 g/mol. The van der Waals surface area contributed by atoms with Gasteiger partial charge in [-0.1, -0.05) is 29.8 Å². The highest BCUT2D eigenvalue weighted by molar-refractivity contribution is 7.99. The Morgan fingerprint density at radius 3 is 2.76 bits per heavy atom. The van der Waals surface area contributed by atoms with Gasteiger partial charge in [0.05, 0.1) is 15.6 Å². The molecule has 0 bridgehead atoms. The molecule has 0 amide bonds. The largest absolute Gasteiger partial charge is 0.341 e. The Kier molecular flexibility index (Phi) is 4.88. The van der Waals surface area contributed by atoms with Crippen LogP contribution >= 0.6 is 23.4 Å². The Hall–Kier alpha value is -1.90. The topological polar surface area (TPSA) is 85.2 Å². The van der Waals surface area contributed by atoms with E-state index in [2.05, 4.69) is 20.0 Å². The van der Waals surface area contributed by atoms with Gasteiger partial charge in [-0.2, -0.15) is 9.61 Å². The van der Waals surface area contributed by atoms with Crippen molar-refractivity contribution in [3.05, 3.63) is 35.5 Å². The quantitative estimate of drug-likeness (QED) is 0.678. The van der Waals surface area contributed by atoms with E-state index in [1.54, 1.807) is 24.3 Å². The van der Waals surface area contributed by atoms with Crippen LogP contribution in [0.1, 0.15) is 37.8 Å².